The lowest BCUT2D eigenvalue weighted by molar-refractivity contribution is -0.105. The van der Waals surface area contributed by atoms with Crippen molar-refractivity contribution in [2.75, 3.05) is 5.32 Å². The van der Waals surface area contributed by atoms with Crippen molar-refractivity contribution >= 4 is 24.4 Å². The second-order valence-electron chi connectivity index (χ2n) is 5.77. The van der Waals surface area contributed by atoms with E-state index in [4.69, 9.17) is 4.52 Å². The Morgan fingerprint density at radius 2 is 1.90 bits per heavy atom. The van der Waals surface area contributed by atoms with Crippen LogP contribution in [0, 0.1) is 20.8 Å². The van der Waals surface area contributed by atoms with Gasteiger partial charge in [-0.3, -0.25) is 4.79 Å². The fraction of sp³-hybridized carbons (Fsp3) is 0.273. The molecule has 3 aromatic rings. The summed E-state index contributed by atoms with van der Waals surface area (Å²) in [5.74, 6) is 1.03. The highest BCUT2D eigenvalue weighted by atomic mass is 16.5. The van der Waals surface area contributed by atoms with Crippen LogP contribution in [0.1, 0.15) is 43.5 Å². The molecule has 29 heavy (non-hydrogen) atoms. The van der Waals surface area contributed by atoms with Crippen molar-refractivity contribution in [3.63, 3.8) is 0 Å². The Morgan fingerprint density at radius 3 is 2.45 bits per heavy atom. The number of hydrogen-bond acceptors (Lipinski definition) is 5. The molecule has 0 aliphatic carbocycles. The Kier molecular flexibility index (Phi) is 9.81. The summed E-state index contributed by atoms with van der Waals surface area (Å²) in [6.07, 6.45) is 8.14. The molecule has 0 spiro atoms. The number of amides is 1. The van der Waals surface area contributed by atoms with Crippen LogP contribution in [0.25, 0.3) is 23.7 Å². The first-order chi connectivity index (χ1) is 14.0. The third kappa shape index (κ3) is 6.57. The maximum absolute atomic E-state index is 10.4. The van der Waals surface area contributed by atoms with E-state index in [-0.39, 0.29) is 0 Å². The van der Waals surface area contributed by atoms with Gasteiger partial charge in [0.05, 0.1) is 11.9 Å². The van der Waals surface area contributed by atoms with Crippen molar-refractivity contribution in [3.05, 3.63) is 59.8 Å². The molecule has 2 aromatic heterocycles. The number of aryl methyl sites for hydroxylation is 3. The van der Waals surface area contributed by atoms with Crippen LogP contribution in [0.4, 0.5) is 5.69 Å². The fourth-order valence-corrected chi connectivity index (χ4v) is 2.37. The summed E-state index contributed by atoms with van der Waals surface area (Å²) >= 11 is 0. The molecule has 0 unspecified atom stereocenters. The Hall–Kier alpha value is -3.48. The summed E-state index contributed by atoms with van der Waals surface area (Å²) in [5, 5.41) is 10.6. The van der Waals surface area contributed by atoms with Crippen LogP contribution < -0.4 is 5.32 Å². The lowest BCUT2D eigenvalue weighted by atomic mass is 10.1. The molecule has 154 valence electrons. The highest BCUT2D eigenvalue weighted by molar-refractivity contribution is 5.76. The third-order valence-electron chi connectivity index (χ3n) is 3.75. The van der Waals surface area contributed by atoms with Crippen LogP contribution >= 0.6 is 0 Å². The quantitative estimate of drug-likeness (QED) is 0.595. The first-order valence-corrected chi connectivity index (χ1v) is 9.41. The number of rotatable bonds is 5. The molecule has 3 rings (SSSR count). The number of nitrogens with zero attached hydrogens (tertiary/aromatic N) is 4. The lowest BCUT2D eigenvalue weighted by Gasteiger charge is -2.04. The van der Waals surface area contributed by atoms with Gasteiger partial charge in [0.15, 0.2) is 0 Å². The van der Waals surface area contributed by atoms with E-state index in [1.54, 1.807) is 6.92 Å². The maximum Gasteiger partial charge on any atom is 0.223 e. The molecule has 1 amide bonds. The van der Waals surface area contributed by atoms with Gasteiger partial charge in [-0.25, -0.2) is 4.68 Å². The zero-order valence-corrected chi connectivity index (χ0v) is 17.9. The summed E-state index contributed by atoms with van der Waals surface area (Å²) in [4.78, 5) is 14.5. The SMILES string of the molecule is C=Cc1c(C)cnn1/C=C\C.CC.Cc1nc(-c2ccc(C)c(NC=O)c2)no1. The molecule has 0 fully saturated rings. The standard InChI is InChI=1S/C11H11N3O2.C9H12N2.C2H6/c1-7-3-4-9(5-10(7)12-6-15)11-13-8(2)16-14-11;1-4-6-11-9(5-2)8(3)7-10-11;1-2/h3-6H,1-2H3,(H,12,15);4-7H,2H2,1,3H3;1-2H3/b;6-4-;. The molecule has 1 N–H and O–H groups in total. The van der Waals surface area contributed by atoms with Crippen LogP contribution in [0.2, 0.25) is 0 Å². The summed E-state index contributed by atoms with van der Waals surface area (Å²) in [6, 6.07) is 5.59. The van der Waals surface area contributed by atoms with Gasteiger partial charge in [0.25, 0.3) is 0 Å². The zero-order valence-electron chi connectivity index (χ0n) is 17.9. The molecule has 0 saturated heterocycles. The number of hydrogen-bond donors (Lipinski definition) is 1. The van der Waals surface area contributed by atoms with Gasteiger partial charge in [-0.2, -0.15) is 10.1 Å². The Bertz CT molecular complexity index is 954. The number of nitrogens with one attached hydrogen (secondary N) is 1. The Balaban J connectivity index is 0.000000284. The van der Waals surface area contributed by atoms with Gasteiger partial charge in [0.1, 0.15) is 0 Å². The molecule has 0 saturated carbocycles. The normalized spacial score (nSPS) is 9.86. The van der Waals surface area contributed by atoms with Gasteiger partial charge in [0.2, 0.25) is 18.1 Å². The van der Waals surface area contributed by atoms with Gasteiger partial charge in [-0.05, 0) is 44.0 Å². The second kappa shape index (κ2) is 12.1. The molecule has 1 aromatic carbocycles. The number of carbonyl (C=O) groups is 1. The number of benzene rings is 1. The zero-order chi connectivity index (χ0) is 21.8. The molecule has 0 aliphatic rings. The minimum Gasteiger partial charge on any atom is -0.339 e. The second-order valence-corrected chi connectivity index (χ2v) is 5.77. The molecular weight excluding hydrogens is 366 g/mol. The van der Waals surface area contributed by atoms with E-state index in [0.29, 0.717) is 18.1 Å². The van der Waals surface area contributed by atoms with Crippen molar-refractivity contribution in [2.24, 2.45) is 0 Å². The molecule has 7 heteroatoms. The van der Waals surface area contributed by atoms with Crippen molar-refractivity contribution < 1.29 is 9.32 Å². The molecule has 0 aliphatic heterocycles. The summed E-state index contributed by atoms with van der Waals surface area (Å²) in [5.41, 5.74) is 4.75. The largest absolute Gasteiger partial charge is 0.339 e. The highest BCUT2D eigenvalue weighted by Gasteiger charge is 2.07. The van der Waals surface area contributed by atoms with E-state index in [2.05, 4.69) is 27.1 Å². The van der Waals surface area contributed by atoms with E-state index in [0.717, 1.165) is 28.1 Å². The van der Waals surface area contributed by atoms with Crippen LogP contribution in [-0.4, -0.2) is 26.3 Å². The van der Waals surface area contributed by atoms with Gasteiger partial charge in [-0.1, -0.05) is 43.8 Å². The average Bonchev–Trinajstić information content (AvgIpc) is 3.31. The third-order valence-corrected chi connectivity index (χ3v) is 3.75. The Labute approximate surface area is 172 Å². The number of allylic oxidation sites excluding steroid dienone is 1. The number of anilines is 1. The first kappa shape index (κ1) is 23.6. The van der Waals surface area contributed by atoms with E-state index in [9.17, 15) is 4.79 Å². The first-order valence-electron chi connectivity index (χ1n) is 9.41. The van der Waals surface area contributed by atoms with Gasteiger partial charge in [-0.15, -0.1) is 0 Å². The van der Waals surface area contributed by atoms with Crippen LogP contribution in [0.5, 0.6) is 0 Å². The van der Waals surface area contributed by atoms with Crippen molar-refractivity contribution in [1.82, 2.24) is 19.9 Å². The molecule has 7 nitrogen and oxygen atoms in total. The molecule has 0 atom stereocenters. The van der Waals surface area contributed by atoms with Gasteiger partial charge in [0, 0.05) is 24.4 Å². The van der Waals surface area contributed by atoms with E-state index in [1.807, 2.05) is 82.0 Å². The van der Waals surface area contributed by atoms with E-state index < -0.39 is 0 Å². The number of aromatic nitrogens is 4. The van der Waals surface area contributed by atoms with Crippen molar-refractivity contribution in [1.29, 1.82) is 0 Å². The molecule has 2 heterocycles. The summed E-state index contributed by atoms with van der Waals surface area (Å²) in [7, 11) is 0. The Morgan fingerprint density at radius 1 is 1.17 bits per heavy atom. The highest BCUT2D eigenvalue weighted by Crippen LogP contribution is 2.22. The average molecular weight is 396 g/mol. The van der Waals surface area contributed by atoms with Crippen molar-refractivity contribution in [2.45, 2.75) is 41.5 Å². The van der Waals surface area contributed by atoms with Crippen LogP contribution in [-0.2, 0) is 4.79 Å². The smallest absolute Gasteiger partial charge is 0.223 e. The number of carbonyl (C=O) groups excluding carboxylic acids is 1. The van der Waals surface area contributed by atoms with Crippen LogP contribution in [0.15, 0.2) is 41.6 Å². The molecule has 0 bridgehead atoms. The van der Waals surface area contributed by atoms with Gasteiger partial charge >= 0.3 is 0 Å². The maximum atomic E-state index is 10.4. The minimum atomic E-state index is 0.514. The van der Waals surface area contributed by atoms with E-state index in [1.165, 1.54) is 0 Å². The molecular formula is C22H29N5O2. The summed E-state index contributed by atoms with van der Waals surface area (Å²) in [6.45, 7) is 15.3. The van der Waals surface area contributed by atoms with Gasteiger partial charge < -0.3 is 9.84 Å². The van der Waals surface area contributed by atoms with Crippen molar-refractivity contribution in [3.8, 4) is 11.4 Å². The fourth-order valence-electron chi connectivity index (χ4n) is 2.37. The summed E-state index contributed by atoms with van der Waals surface area (Å²) < 4.78 is 6.71. The van der Waals surface area contributed by atoms with Crippen LogP contribution in [0.3, 0.4) is 0 Å². The lowest BCUT2D eigenvalue weighted by Crippen LogP contribution is -1.96. The predicted octanol–water partition coefficient (Wildman–Crippen LogP) is 5.27. The topological polar surface area (TPSA) is 85.8 Å². The minimum absolute atomic E-state index is 0.514. The van der Waals surface area contributed by atoms with E-state index >= 15 is 0 Å². The predicted molar refractivity (Wildman–Crippen MR) is 118 cm³/mol. The molecule has 0 radical (unpaired) electrons. The monoisotopic (exact) mass is 395 g/mol.